The molecule has 2 aromatic carbocycles. The quantitative estimate of drug-likeness (QED) is 0.597. The number of carbonyl (C=O) groups excluding carboxylic acids is 3. The molecule has 7 heteroatoms. The maximum absolute atomic E-state index is 12.6. The monoisotopic (exact) mass is 419 g/mol. The van der Waals surface area contributed by atoms with Crippen LogP contribution in [-0.2, 0) is 20.9 Å². The van der Waals surface area contributed by atoms with Gasteiger partial charge in [0, 0.05) is 43.5 Å². The minimum Gasteiger partial charge on any atom is -0.462 e. The van der Waals surface area contributed by atoms with Crippen LogP contribution in [0.5, 0.6) is 0 Å². The van der Waals surface area contributed by atoms with E-state index in [0.717, 1.165) is 5.52 Å². The first-order chi connectivity index (χ1) is 15.1. The van der Waals surface area contributed by atoms with Crippen molar-refractivity contribution in [2.45, 2.75) is 19.9 Å². The Bertz CT molecular complexity index is 1100. The van der Waals surface area contributed by atoms with Crippen molar-refractivity contribution < 1.29 is 19.1 Å². The van der Waals surface area contributed by atoms with Crippen molar-refractivity contribution >= 4 is 34.4 Å². The van der Waals surface area contributed by atoms with Crippen LogP contribution in [0.3, 0.4) is 0 Å². The maximum atomic E-state index is 12.6. The van der Waals surface area contributed by atoms with Crippen molar-refractivity contribution in [2.24, 2.45) is 5.92 Å². The molecule has 0 aliphatic carbocycles. The number of aromatic nitrogens is 1. The van der Waals surface area contributed by atoms with Crippen LogP contribution in [0.2, 0.25) is 0 Å². The van der Waals surface area contributed by atoms with Crippen LogP contribution in [0.15, 0.2) is 60.8 Å². The van der Waals surface area contributed by atoms with E-state index in [4.69, 9.17) is 4.74 Å². The van der Waals surface area contributed by atoms with Gasteiger partial charge in [-0.15, -0.1) is 0 Å². The van der Waals surface area contributed by atoms with Crippen molar-refractivity contribution in [3.8, 4) is 0 Å². The van der Waals surface area contributed by atoms with Gasteiger partial charge in [0.05, 0.1) is 18.1 Å². The second-order valence-corrected chi connectivity index (χ2v) is 7.53. The Morgan fingerprint density at radius 2 is 1.87 bits per heavy atom. The van der Waals surface area contributed by atoms with E-state index in [9.17, 15) is 14.4 Å². The van der Waals surface area contributed by atoms with Crippen molar-refractivity contribution in [3.63, 3.8) is 0 Å². The summed E-state index contributed by atoms with van der Waals surface area (Å²) in [6.45, 7) is 3.55. The third kappa shape index (κ3) is 4.45. The summed E-state index contributed by atoms with van der Waals surface area (Å²) in [7, 11) is 0. The molecular weight excluding hydrogens is 394 g/mol. The highest BCUT2D eigenvalue weighted by atomic mass is 16.5. The minimum atomic E-state index is -0.394. The Hall–Kier alpha value is -3.61. The number of hydrogen-bond donors (Lipinski definition) is 1. The first-order valence-electron chi connectivity index (χ1n) is 10.5. The van der Waals surface area contributed by atoms with Crippen LogP contribution >= 0.6 is 0 Å². The van der Waals surface area contributed by atoms with Crippen LogP contribution in [0.25, 0.3) is 10.9 Å². The predicted molar refractivity (Wildman–Crippen MR) is 118 cm³/mol. The third-order valence-corrected chi connectivity index (χ3v) is 5.52. The molecule has 1 saturated heterocycles. The molecule has 0 saturated carbocycles. The second-order valence-electron chi connectivity index (χ2n) is 7.53. The van der Waals surface area contributed by atoms with E-state index in [1.165, 1.54) is 5.39 Å². The topological polar surface area (TPSA) is 80.6 Å². The number of esters is 1. The van der Waals surface area contributed by atoms with Crippen LogP contribution < -0.4 is 10.2 Å². The Balaban J connectivity index is 1.32. The molecule has 1 aliphatic rings. The molecular formula is C24H25N3O4. The molecule has 2 heterocycles. The molecule has 3 aromatic rings. The van der Waals surface area contributed by atoms with E-state index in [-0.39, 0.29) is 18.2 Å². The van der Waals surface area contributed by atoms with Crippen molar-refractivity contribution in [3.05, 3.63) is 66.4 Å². The molecule has 0 spiro atoms. The summed E-state index contributed by atoms with van der Waals surface area (Å²) in [4.78, 5) is 38.5. The molecule has 4 rings (SSSR count). The van der Waals surface area contributed by atoms with E-state index in [1.807, 2.05) is 18.3 Å². The number of nitrogens with one attached hydrogen (secondary N) is 1. The number of ether oxygens (including phenoxy) is 1. The summed E-state index contributed by atoms with van der Waals surface area (Å²) < 4.78 is 7.08. The molecule has 1 unspecified atom stereocenters. The fraction of sp³-hybridized carbons (Fsp3) is 0.292. The van der Waals surface area contributed by atoms with Gasteiger partial charge in [0.2, 0.25) is 11.8 Å². The third-order valence-electron chi connectivity index (χ3n) is 5.52. The highest BCUT2D eigenvalue weighted by molar-refractivity contribution is 6.00. The van der Waals surface area contributed by atoms with Crippen molar-refractivity contribution in [2.75, 3.05) is 24.6 Å². The van der Waals surface area contributed by atoms with E-state index in [2.05, 4.69) is 28.1 Å². The summed E-state index contributed by atoms with van der Waals surface area (Å²) in [6.07, 6.45) is 2.19. The van der Waals surface area contributed by atoms with Gasteiger partial charge in [-0.3, -0.25) is 9.59 Å². The molecule has 2 amide bonds. The van der Waals surface area contributed by atoms with Gasteiger partial charge in [-0.1, -0.05) is 18.2 Å². The lowest BCUT2D eigenvalue weighted by Gasteiger charge is -2.17. The van der Waals surface area contributed by atoms with Gasteiger partial charge >= 0.3 is 5.97 Å². The van der Waals surface area contributed by atoms with Crippen LogP contribution in [0.1, 0.15) is 23.7 Å². The Morgan fingerprint density at radius 1 is 1.10 bits per heavy atom. The van der Waals surface area contributed by atoms with Gasteiger partial charge in [-0.25, -0.2) is 4.79 Å². The van der Waals surface area contributed by atoms with E-state index in [1.54, 1.807) is 36.1 Å². The molecule has 1 atom stereocenters. The number of carbonyl (C=O) groups is 3. The van der Waals surface area contributed by atoms with Crippen LogP contribution in [-0.4, -0.2) is 42.0 Å². The zero-order valence-corrected chi connectivity index (χ0v) is 17.4. The summed E-state index contributed by atoms with van der Waals surface area (Å²) in [5, 5.41) is 4.12. The van der Waals surface area contributed by atoms with Gasteiger partial charge in [0.1, 0.15) is 0 Å². The fourth-order valence-corrected chi connectivity index (χ4v) is 3.90. The molecule has 1 N–H and O–H groups in total. The van der Waals surface area contributed by atoms with Crippen molar-refractivity contribution in [1.82, 2.24) is 9.88 Å². The second kappa shape index (κ2) is 9.04. The van der Waals surface area contributed by atoms with Gasteiger partial charge in [0.25, 0.3) is 0 Å². The van der Waals surface area contributed by atoms with Crippen LogP contribution in [0.4, 0.5) is 5.69 Å². The Kier molecular flexibility index (Phi) is 6.02. The number of benzene rings is 2. The number of hydrogen-bond acceptors (Lipinski definition) is 4. The maximum Gasteiger partial charge on any atom is 0.338 e. The molecule has 31 heavy (non-hydrogen) atoms. The van der Waals surface area contributed by atoms with Gasteiger partial charge in [0.15, 0.2) is 0 Å². The molecule has 1 fully saturated rings. The van der Waals surface area contributed by atoms with Crippen molar-refractivity contribution in [1.29, 1.82) is 0 Å². The summed E-state index contributed by atoms with van der Waals surface area (Å²) in [5.41, 5.74) is 2.24. The number of anilines is 1. The number of amides is 2. The number of rotatable bonds is 7. The van der Waals surface area contributed by atoms with E-state index >= 15 is 0 Å². The summed E-state index contributed by atoms with van der Waals surface area (Å²) >= 11 is 0. The first kappa shape index (κ1) is 20.7. The SMILES string of the molecule is CCOC(=O)c1ccc(N2CC(C(=O)NCCn3ccc4ccccc43)CC2=O)cc1. The van der Waals surface area contributed by atoms with E-state index in [0.29, 0.717) is 37.5 Å². The smallest absolute Gasteiger partial charge is 0.338 e. The number of para-hydroxylation sites is 1. The summed E-state index contributed by atoms with van der Waals surface area (Å²) in [5.74, 6) is -0.996. The van der Waals surface area contributed by atoms with Crippen LogP contribution in [0, 0.1) is 5.92 Å². The fourth-order valence-electron chi connectivity index (χ4n) is 3.90. The molecule has 0 radical (unpaired) electrons. The lowest BCUT2D eigenvalue weighted by atomic mass is 10.1. The van der Waals surface area contributed by atoms with E-state index < -0.39 is 11.9 Å². The summed E-state index contributed by atoms with van der Waals surface area (Å²) in [6, 6.07) is 16.9. The average molecular weight is 419 g/mol. The molecule has 7 nitrogen and oxygen atoms in total. The Morgan fingerprint density at radius 3 is 2.65 bits per heavy atom. The Labute approximate surface area is 180 Å². The minimum absolute atomic E-state index is 0.0968. The average Bonchev–Trinajstić information content (AvgIpc) is 3.38. The van der Waals surface area contributed by atoms with Gasteiger partial charge in [-0.2, -0.15) is 0 Å². The van der Waals surface area contributed by atoms with Gasteiger partial charge < -0.3 is 19.5 Å². The predicted octanol–water partition coefficient (Wildman–Crippen LogP) is 2.99. The standard InChI is InChI=1S/C24H25N3O4/c1-2-31-24(30)18-7-9-20(10-8-18)27-16-19(15-22(27)28)23(29)25-12-14-26-13-11-17-5-3-4-6-21(17)26/h3-11,13,19H,2,12,14-16H2,1H3,(H,25,29). The zero-order chi connectivity index (χ0) is 21.8. The highest BCUT2D eigenvalue weighted by Gasteiger charge is 2.35. The normalized spacial score (nSPS) is 16.0. The molecule has 1 aromatic heterocycles. The largest absolute Gasteiger partial charge is 0.462 e. The lowest BCUT2D eigenvalue weighted by molar-refractivity contribution is -0.126. The number of fused-ring (bicyclic) bond motifs is 1. The highest BCUT2D eigenvalue weighted by Crippen LogP contribution is 2.25. The van der Waals surface area contributed by atoms with Gasteiger partial charge in [-0.05, 0) is 48.7 Å². The number of nitrogens with zero attached hydrogens (tertiary/aromatic N) is 2. The molecule has 1 aliphatic heterocycles. The lowest BCUT2D eigenvalue weighted by Crippen LogP contribution is -2.34. The first-order valence-corrected chi connectivity index (χ1v) is 10.5. The zero-order valence-electron chi connectivity index (χ0n) is 17.4. The molecule has 0 bridgehead atoms. The molecule has 160 valence electrons.